The van der Waals surface area contributed by atoms with Crippen LogP contribution in [0.2, 0.25) is 0 Å². The summed E-state index contributed by atoms with van der Waals surface area (Å²) in [7, 11) is 1.76. The van der Waals surface area contributed by atoms with E-state index >= 15 is 0 Å². The predicted molar refractivity (Wildman–Crippen MR) is 84.3 cm³/mol. The summed E-state index contributed by atoms with van der Waals surface area (Å²) in [6, 6.07) is 8.49. The first-order valence-electron chi connectivity index (χ1n) is 7.40. The van der Waals surface area contributed by atoms with E-state index in [0.29, 0.717) is 0 Å². The minimum absolute atomic E-state index is 0.0827. The highest BCUT2D eigenvalue weighted by molar-refractivity contribution is 5.35. The normalized spacial score (nSPS) is 13.6. The second-order valence-electron chi connectivity index (χ2n) is 6.09. The van der Waals surface area contributed by atoms with Crippen LogP contribution in [-0.2, 0) is 4.74 Å². The molecular weight excluding hydrogens is 250 g/mol. The fourth-order valence-corrected chi connectivity index (χ4v) is 2.00. The van der Waals surface area contributed by atoms with Gasteiger partial charge in [-0.2, -0.15) is 0 Å². The molecule has 0 amide bonds. The zero-order chi connectivity index (χ0) is 15.2. The molecule has 0 aliphatic carbocycles. The molecular formula is C17H29NO2. The van der Waals surface area contributed by atoms with Crippen molar-refractivity contribution in [3.8, 4) is 5.75 Å². The Hall–Kier alpha value is -1.06. The van der Waals surface area contributed by atoms with Crippen LogP contribution in [-0.4, -0.2) is 25.4 Å². The highest BCUT2D eigenvalue weighted by atomic mass is 16.5. The number of hydrogen-bond acceptors (Lipinski definition) is 3. The molecule has 1 aromatic carbocycles. The van der Waals surface area contributed by atoms with E-state index in [0.717, 1.165) is 18.7 Å². The van der Waals surface area contributed by atoms with Crippen LogP contribution in [0.25, 0.3) is 0 Å². The lowest BCUT2D eigenvalue weighted by Gasteiger charge is -2.25. The first-order valence-corrected chi connectivity index (χ1v) is 7.40. The summed E-state index contributed by atoms with van der Waals surface area (Å²) in [4.78, 5) is 0. The second kappa shape index (κ2) is 7.65. The lowest BCUT2D eigenvalue weighted by Crippen LogP contribution is -2.30. The van der Waals surface area contributed by atoms with Crippen molar-refractivity contribution in [1.82, 2.24) is 5.32 Å². The second-order valence-corrected chi connectivity index (χ2v) is 6.09. The lowest BCUT2D eigenvalue weighted by atomic mass is 10.0. The van der Waals surface area contributed by atoms with Gasteiger partial charge in [0.25, 0.3) is 0 Å². The summed E-state index contributed by atoms with van der Waals surface area (Å²) in [6.45, 7) is 11.4. The number of nitrogens with one attached hydrogen (secondary N) is 1. The molecule has 0 bridgehead atoms. The quantitative estimate of drug-likeness (QED) is 0.782. The van der Waals surface area contributed by atoms with Crippen molar-refractivity contribution in [3.05, 3.63) is 29.8 Å². The van der Waals surface area contributed by atoms with Gasteiger partial charge in [-0.3, -0.25) is 0 Å². The van der Waals surface area contributed by atoms with E-state index in [1.165, 1.54) is 5.56 Å². The first kappa shape index (κ1) is 17.0. The summed E-state index contributed by atoms with van der Waals surface area (Å²) in [6.07, 6.45) is 1.16. The Morgan fingerprint density at radius 1 is 1.15 bits per heavy atom. The van der Waals surface area contributed by atoms with E-state index in [4.69, 9.17) is 9.47 Å². The lowest BCUT2D eigenvalue weighted by molar-refractivity contribution is 0.0154. The first-order chi connectivity index (χ1) is 9.35. The van der Waals surface area contributed by atoms with Crippen LogP contribution in [0.4, 0.5) is 0 Å². The third-order valence-electron chi connectivity index (χ3n) is 3.48. The molecule has 20 heavy (non-hydrogen) atoms. The predicted octanol–water partition coefficient (Wildman–Crippen LogP) is 3.94. The van der Waals surface area contributed by atoms with Crippen LogP contribution in [0.5, 0.6) is 5.75 Å². The van der Waals surface area contributed by atoms with E-state index in [9.17, 15) is 0 Å². The number of hydrogen-bond donors (Lipinski definition) is 1. The summed E-state index contributed by atoms with van der Waals surface area (Å²) in [5.74, 6) is 0.966. The van der Waals surface area contributed by atoms with Gasteiger partial charge in [0, 0.05) is 18.7 Å². The minimum Gasteiger partial charge on any atom is -0.491 e. The summed E-state index contributed by atoms with van der Waals surface area (Å²) < 4.78 is 11.3. The van der Waals surface area contributed by atoms with E-state index in [1.54, 1.807) is 7.11 Å². The van der Waals surface area contributed by atoms with Crippen LogP contribution in [0.15, 0.2) is 24.3 Å². The van der Waals surface area contributed by atoms with Gasteiger partial charge in [0.15, 0.2) is 0 Å². The molecule has 3 nitrogen and oxygen atoms in total. The third kappa shape index (κ3) is 5.51. The zero-order valence-corrected chi connectivity index (χ0v) is 13.7. The Kier molecular flexibility index (Phi) is 6.50. The molecule has 0 aliphatic rings. The molecule has 1 unspecified atom stereocenters. The van der Waals surface area contributed by atoms with Crippen LogP contribution < -0.4 is 10.1 Å². The van der Waals surface area contributed by atoms with Gasteiger partial charge in [-0.25, -0.2) is 0 Å². The van der Waals surface area contributed by atoms with Gasteiger partial charge in [0.05, 0.1) is 11.7 Å². The van der Waals surface area contributed by atoms with Gasteiger partial charge in [0.2, 0.25) is 0 Å². The topological polar surface area (TPSA) is 30.5 Å². The fourth-order valence-electron chi connectivity index (χ4n) is 2.00. The molecule has 1 aromatic rings. The van der Waals surface area contributed by atoms with Gasteiger partial charge in [0.1, 0.15) is 5.75 Å². The van der Waals surface area contributed by atoms with Crippen molar-refractivity contribution in [2.24, 2.45) is 0 Å². The number of ether oxygens (including phenoxy) is 2. The molecule has 0 aliphatic heterocycles. The molecule has 0 saturated carbocycles. The van der Waals surface area contributed by atoms with E-state index < -0.39 is 0 Å². The Bertz CT molecular complexity index is 402. The van der Waals surface area contributed by atoms with Crippen molar-refractivity contribution in [2.45, 2.75) is 58.8 Å². The molecule has 1 atom stereocenters. The van der Waals surface area contributed by atoms with Crippen LogP contribution in [0, 0.1) is 0 Å². The number of rotatable bonds is 8. The Labute approximate surface area is 123 Å². The highest BCUT2D eigenvalue weighted by Gasteiger charge is 2.17. The molecule has 1 N–H and O–H groups in total. The number of para-hydroxylation sites is 1. The molecule has 0 saturated heterocycles. The van der Waals surface area contributed by atoms with Crippen LogP contribution in [0.3, 0.4) is 0 Å². The van der Waals surface area contributed by atoms with E-state index in [-0.39, 0.29) is 17.7 Å². The van der Waals surface area contributed by atoms with Crippen molar-refractivity contribution in [2.75, 3.05) is 13.7 Å². The molecule has 3 heteroatoms. The highest BCUT2D eigenvalue weighted by Crippen LogP contribution is 2.26. The SMILES string of the molecule is COC(C)(C)CCNC(C)c1ccccc1OC(C)C. The van der Waals surface area contributed by atoms with Gasteiger partial charge >= 0.3 is 0 Å². The van der Waals surface area contributed by atoms with Crippen molar-refractivity contribution in [1.29, 1.82) is 0 Å². The molecule has 0 heterocycles. The standard InChI is InChI=1S/C17H29NO2/c1-13(2)20-16-10-8-7-9-15(16)14(3)18-12-11-17(4,5)19-6/h7-10,13-14,18H,11-12H2,1-6H3. The molecule has 0 aromatic heterocycles. The minimum atomic E-state index is -0.0827. The summed E-state index contributed by atoms with van der Waals surface area (Å²) in [5.41, 5.74) is 1.12. The monoisotopic (exact) mass is 279 g/mol. The van der Waals surface area contributed by atoms with Gasteiger partial charge < -0.3 is 14.8 Å². The molecule has 0 fully saturated rings. The maximum absolute atomic E-state index is 5.87. The molecule has 0 radical (unpaired) electrons. The maximum Gasteiger partial charge on any atom is 0.124 e. The average molecular weight is 279 g/mol. The smallest absolute Gasteiger partial charge is 0.124 e. The van der Waals surface area contributed by atoms with E-state index in [2.05, 4.69) is 52.1 Å². The van der Waals surface area contributed by atoms with Gasteiger partial charge in [-0.05, 0) is 53.7 Å². The third-order valence-corrected chi connectivity index (χ3v) is 3.48. The average Bonchev–Trinajstić information content (AvgIpc) is 2.38. The Balaban J connectivity index is 2.61. The maximum atomic E-state index is 5.87. The fraction of sp³-hybridized carbons (Fsp3) is 0.647. The van der Waals surface area contributed by atoms with Crippen molar-refractivity contribution >= 4 is 0 Å². The Morgan fingerprint density at radius 2 is 1.80 bits per heavy atom. The molecule has 1 rings (SSSR count). The Morgan fingerprint density at radius 3 is 2.40 bits per heavy atom. The zero-order valence-electron chi connectivity index (χ0n) is 13.7. The van der Waals surface area contributed by atoms with Crippen molar-refractivity contribution < 1.29 is 9.47 Å². The number of methoxy groups -OCH3 is 1. The van der Waals surface area contributed by atoms with Gasteiger partial charge in [-0.1, -0.05) is 18.2 Å². The largest absolute Gasteiger partial charge is 0.491 e. The van der Waals surface area contributed by atoms with Crippen molar-refractivity contribution in [3.63, 3.8) is 0 Å². The van der Waals surface area contributed by atoms with Crippen LogP contribution >= 0.6 is 0 Å². The number of benzene rings is 1. The molecule has 0 spiro atoms. The summed E-state index contributed by atoms with van der Waals surface area (Å²) in [5, 5.41) is 3.54. The van der Waals surface area contributed by atoms with Crippen LogP contribution in [0.1, 0.15) is 52.6 Å². The van der Waals surface area contributed by atoms with E-state index in [1.807, 2.05) is 12.1 Å². The van der Waals surface area contributed by atoms with Gasteiger partial charge in [-0.15, -0.1) is 0 Å². The molecule has 114 valence electrons. The summed E-state index contributed by atoms with van der Waals surface area (Å²) >= 11 is 0.